The topological polar surface area (TPSA) is 99.0 Å². The highest BCUT2D eigenvalue weighted by Gasteiger charge is 2.23. The van der Waals surface area contributed by atoms with Gasteiger partial charge in [-0.15, -0.1) is 0 Å². The molecule has 170 valence electrons. The summed E-state index contributed by atoms with van der Waals surface area (Å²) in [5.41, 5.74) is 4.24. The third-order valence-electron chi connectivity index (χ3n) is 5.24. The van der Waals surface area contributed by atoms with Crippen molar-refractivity contribution in [1.29, 1.82) is 0 Å². The summed E-state index contributed by atoms with van der Waals surface area (Å²) in [5.74, 6) is 0.879. The zero-order valence-electron chi connectivity index (χ0n) is 18.9. The first-order chi connectivity index (χ1) is 15.8. The van der Waals surface area contributed by atoms with Gasteiger partial charge in [0, 0.05) is 24.4 Å². The number of anilines is 1. The fourth-order valence-electron chi connectivity index (χ4n) is 3.47. The third kappa shape index (κ3) is 4.73. The molecule has 8 nitrogen and oxygen atoms in total. The summed E-state index contributed by atoms with van der Waals surface area (Å²) in [6.45, 7) is 5.92. The van der Waals surface area contributed by atoms with Gasteiger partial charge < -0.3 is 4.74 Å². The summed E-state index contributed by atoms with van der Waals surface area (Å²) >= 11 is 0. The van der Waals surface area contributed by atoms with Gasteiger partial charge in [0.2, 0.25) is 11.8 Å². The van der Waals surface area contributed by atoms with E-state index >= 15 is 0 Å². The fourth-order valence-corrected chi connectivity index (χ4v) is 4.39. The fraction of sp³-hybridized carbons (Fsp3) is 0.208. The molecule has 33 heavy (non-hydrogen) atoms. The van der Waals surface area contributed by atoms with Gasteiger partial charge in [0.25, 0.3) is 10.0 Å². The summed E-state index contributed by atoms with van der Waals surface area (Å²) in [5, 5.41) is 3.94. The van der Waals surface area contributed by atoms with Crippen LogP contribution in [0.15, 0.2) is 65.8 Å². The van der Waals surface area contributed by atoms with Crippen LogP contribution in [-0.2, 0) is 23.5 Å². The van der Waals surface area contributed by atoms with E-state index in [1.807, 2.05) is 69.3 Å². The lowest BCUT2D eigenvalue weighted by Crippen LogP contribution is -2.16. The summed E-state index contributed by atoms with van der Waals surface area (Å²) < 4.78 is 35.9. The van der Waals surface area contributed by atoms with E-state index in [0.29, 0.717) is 23.7 Å². The molecule has 0 aliphatic heterocycles. The molecule has 9 heteroatoms. The minimum atomic E-state index is -3.93. The van der Waals surface area contributed by atoms with Crippen LogP contribution in [0, 0.1) is 13.8 Å². The summed E-state index contributed by atoms with van der Waals surface area (Å²) in [4.78, 5) is 9.09. The Hall–Kier alpha value is -3.72. The summed E-state index contributed by atoms with van der Waals surface area (Å²) in [6, 6.07) is 15.4. The highest BCUT2D eigenvalue weighted by atomic mass is 32.2. The van der Waals surface area contributed by atoms with Crippen molar-refractivity contribution < 1.29 is 13.2 Å². The SMILES string of the molecule is CCc1c(Oc2ccccc2C)nc(NS(=O)(=O)c2cnn(C)c2)nc1-c1ccccc1C. The number of aryl methyl sites for hydroxylation is 3. The van der Waals surface area contributed by atoms with Crippen LogP contribution in [0.4, 0.5) is 5.95 Å². The first-order valence-electron chi connectivity index (χ1n) is 10.5. The van der Waals surface area contributed by atoms with Crippen molar-refractivity contribution in [3.63, 3.8) is 0 Å². The quantitative estimate of drug-likeness (QED) is 0.428. The normalized spacial score (nSPS) is 11.4. The van der Waals surface area contributed by atoms with Crippen LogP contribution in [0.25, 0.3) is 11.3 Å². The van der Waals surface area contributed by atoms with Crippen molar-refractivity contribution in [3.8, 4) is 22.9 Å². The third-order valence-corrected chi connectivity index (χ3v) is 6.52. The van der Waals surface area contributed by atoms with E-state index in [1.54, 1.807) is 7.05 Å². The van der Waals surface area contributed by atoms with E-state index in [9.17, 15) is 8.42 Å². The Morgan fingerprint density at radius 1 is 1.00 bits per heavy atom. The number of sulfonamides is 1. The average molecular weight is 464 g/mol. The van der Waals surface area contributed by atoms with E-state index in [0.717, 1.165) is 22.3 Å². The Labute approximate surface area is 193 Å². The van der Waals surface area contributed by atoms with Crippen LogP contribution in [0.1, 0.15) is 23.6 Å². The molecule has 2 heterocycles. The van der Waals surface area contributed by atoms with Crippen LogP contribution in [0.3, 0.4) is 0 Å². The van der Waals surface area contributed by atoms with Gasteiger partial charge in [-0.3, -0.25) is 4.68 Å². The van der Waals surface area contributed by atoms with Crippen LogP contribution in [-0.4, -0.2) is 28.2 Å². The minimum absolute atomic E-state index is 0.0204. The maximum Gasteiger partial charge on any atom is 0.267 e. The molecule has 0 unspecified atom stereocenters. The zero-order chi connectivity index (χ0) is 23.6. The van der Waals surface area contributed by atoms with Crippen molar-refractivity contribution in [2.24, 2.45) is 7.05 Å². The molecular weight excluding hydrogens is 438 g/mol. The molecule has 0 saturated carbocycles. The van der Waals surface area contributed by atoms with Crippen molar-refractivity contribution in [3.05, 3.63) is 77.6 Å². The Morgan fingerprint density at radius 2 is 1.70 bits per heavy atom. The lowest BCUT2D eigenvalue weighted by Gasteiger charge is -2.17. The van der Waals surface area contributed by atoms with Crippen LogP contribution in [0.5, 0.6) is 11.6 Å². The van der Waals surface area contributed by atoms with Gasteiger partial charge in [-0.2, -0.15) is 10.1 Å². The van der Waals surface area contributed by atoms with Crippen LogP contribution in [0.2, 0.25) is 0 Å². The first kappa shape index (κ1) is 22.5. The Balaban J connectivity index is 1.87. The number of hydrogen-bond acceptors (Lipinski definition) is 6. The first-order valence-corrected chi connectivity index (χ1v) is 12.0. The second kappa shape index (κ2) is 9.03. The number of nitrogens with one attached hydrogen (secondary N) is 1. The Bertz CT molecular complexity index is 1410. The number of hydrogen-bond donors (Lipinski definition) is 1. The molecule has 0 bridgehead atoms. The Morgan fingerprint density at radius 3 is 2.33 bits per heavy atom. The summed E-state index contributed by atoms with van der Waals surface area (Å²) in [6.07, 6.45) is 3.28. The second-order valence-electron chi connectivity index (χ2n) is 7.67. The summed E-state index contributed by atoms with van der Waals surface area (Å²) in [7, 11) is -2.28. The molecule has 4 rings (SSSR count). The average Bonchev–Trinajstić information content (AvgIpc) is 3.23. The molecule has 2 aromatic heterocycles. The smallest absolute Gasteiger partial charge is 0.267 e. The highest BCUT2D eigenvalue weighted by Crippen LogP contribution is 2.35. The maximum absolute atomic E-state index is 12.9. The van der Waals surface area contributed by atoms with E-state index < -0.39 is 10.0 Å². The number of benzene rings is 2. The molecule has 0 radical (unpaired) electrons. The maximum atomic E-state index is 12.9. The standard InChI is InChI=1S/C24H25N5O3S/c1-5-19-22(20-12-8-6-10-16(20)2)26-24(28-33(30,31)18-14-25-29(4)15-18)27-23(19)32-21-13-9-7-11-17(21)3/h6-15H,5H2,1-4H3,(H,26,27,28). The van der Waals surface area contributed by atoms with Crippen molar-refractivity contribution in [2.75, 3.05) is 4.72 Å². The van der Waals surface area contributed by atoms with Gasteiger partial charge in [-0.05, 0) is 37.5 Å². The monoisotopic (exact) mass is 463 g/mol. The van der Waals surface area contributed by atoms with Crippen molar-refractivity contribution in [1.82, 2.24) is 19.7 Å². The molecular formula is C24H25N5O3S. The molecule has 0 atom stereocenters. The molecule has 0 aliphatic carbocycles. The van der Waals surface area contributed by atoms with Gasteiger partial charge in [0.1, 0.15) is 10.6 Å². The van der Waals surface area contributed by atoms with E-state index in [-0.39, 0.29) is 10.8 Å². The number of rotatable bonds is 7. The number of ether oxygens (including phenoxy) is 1. The van der Waals surface area contributed by atoms with E-state index in [1.165, 1.54) is 17.1 Å². The number of para-hydroxylation sites is 1. The largest absolute Gasteiger partial charge is 0.438 e. The highest BCUT2D eigenvalue weighted by molar-refractivity contribution is 7.92. The minimum Gasteiger partial charge on any atom is -0.438 e. The van der Waals surface area contributed by atoms with Crippen LogP contribution < -0.4 is 9.46 Å². The molecule has 1 N–H and O–H groups in total. The molecule has 4 aromatic rings. The molecule has 2 aromatic carbocycles. The molecule has 0 spiro atoms. The molecule has 0 fully saturated rings. The Kier molecular flexibility index (Phi) is 6.15. The van der Waals surface area contributed by atoms with Crippen LogP contribution >= 0.6 is 0 Å². The second-order valence-corrected chi connectivity index (χ2v) is 9.35. The predicted molar refractivity (Wildman–Crippen MR) is 127 cm³/mol. The molecule has 0 amide bonds. The van der Waals surface area contributed by atoms with Crippen molar-refractivity contribution in [2.45, 2.75) is 32.1 Å². The van der Waals surface area contributed by atoms with Gasteiger partial charge in [0.05, 0.1) is 11.9 Å². The lowest BCUT2D eigenvalue weighted by atomic mass is 10.0. The number of nitrogens with zero attached hydrogens (tertiary/aromatic N) is 4. The molecule has 0 aliphatic rings. The molecule has 0 saturated heterocycles. The number of aromatic nitrogens is 4. The van der Waals surface area contributed by atoms with E-state index in [2.05, 4.69) is 19.8 Å². The zero-order valence-corrected chi connectivity index (χ0v) is 19.7. The van der Waals surface area contributed by atoms with Gasteiger partial charge in [-0.25, -0.2) is 18.1 Å². The van der Waals surface area contributed by atoms with Gasteiger partial charge in [-0.1, -0.05) is 49.4 Å². The van der Waals surface area contributed by atoms with E-state index in [4.69, 9.17) is 4.74 Å². The lowest BCUT2D eigenvalue weighted by molar-refractivity contribution is 0.453. The van der Waals surface area contributed by atoms with Crippen molar-refractivity contribution >= 4 is 16.0 Å². The predicted octanol–water partition coefficient (Wildman–Crippen LogP) is 4.65. The van der Waals surface area contributed by atoms with Gasteiger partial charge >= 0.3 is 0 Å². The van der Waals surface area contributed by atoms with Gasteiger partial charge in [0.15, 0.2) is 0 Å².